The molecule has 28 heavy (non-hydrogen) atoms. The minimum Gasteiger partial charge on any atom is -0.447 e. The number of rotatable bonds is 3. The molecule has 3 rings (SSSR count). The first-order valence-electron chi connectivity index (χ1n) is 9.67. The first kappa shape index (κ1) is 21.3. The lowest BCUT2D eigenvalue weighted by molar-refractivity contribution is 0.0476. The minimum atomic E-state index is -0.325. The Morgan fingerprint density at radius 2 is 1.57 bits per heavy atom. The number of nitrogens with zero attached hydrogens (tertiary/aromatic N) is 4. The van der Waals surface area contributed by atoms with Gasteiger partial charge in [0.05, 0.1) is 23.1 Å². The van der Waals surface area contributed by atoms with Crippen LogP contribution < -0.4 is 0 Å². The van der Waals surface area contributed by atoms with Gasteiger partial charge in [-0.3, -0.25) is 14.8 Å². The van der Waals surface area contributed by atoms with Crippen molar-refractivity contribution in [2.24, 2.45) is 0 Å². The van der Waals surface area contributed by atoms with Crippen LogP contribution in [-0.4, -0.2) is 64.1 Å². The van der Waals surface area contributed by atoms with E-state index in [0.717, 1.165) is 11.4 Å². The maximum atomic E-state index is 12.6. The third kappa shape index (κ3) is 5.52. The molecule has 2 aromatic heterocycles. The predicted molar refractivity (Wildman–Crippen MR) is 108 cm³/mol. The number of hydrogen-bond acceptors (Lipinski definition) is 5. The van der Waals surface area contributed by atoms with Gasteiger partial charge >= 0.3 is 6.09 Å². The number of amides is 2. The van der Waals surface area contributed by atoms with Gasteiger partial charge in [0, 0.05) is 38.6 Å². The summed E-state index contributed by atoms with van der Waals surface area (Å²) in [5.74, 6) is -0.0815. The van der Waals surface area contributed by atoms with Gasteiger partial charge in [0.1, 0.15) is 0 Å². The van der Waals surface area contributed by atoms with Crippen LogP contribution in [0.1, 0.15) is 38.1 Å². The highest BCUT2D eigenvalue weighted by Crippen LogP contribution is 2.15. The molecule has 0 bridgehead atoms. The minimum absolute atomic E-state index is 0.0815. The summed E-state index contributed by atoms with van der Waals surface area (Å²) in [5, 5.41) is 0. The second kappa shape index (κ2) is 10.4. The van der Waals surface area contributed by atoms with Crippen molar-refractivity contribution in [3.05, 3.63) is 48.3 Å². The molecule has 0 aromatic carbocycles. The summed E-state index contributed by atoms with van der Waals surface area (Å²) < 4.78 is 5.19. The van der Waals surface area contributed by atoms with E-state index in [1.54, 1.807) is 34.3 Å². The van der Waals surface area contributed by atoms with E-state index in [9.17, 15) is 9.59 Å². The number of hydrogen-bond donors (Lipinski definition) is 0. The number of pyridine rings is 2. The van der Waals surface area contributed by atoms with Crippen LogP contribution in [0.15, 0.2) is 42.7 Å². The summed E-state index contributed by atoms with van der Waals surface area (Å²) in [6.45, 7) is 9.54. The average molecular weight is 384 g/mol. The Kier molecular flexibility index (Phi) is 7.92. The van der Waals surface area contributed by atoms with Gasteiger partial charge in [0.15, 0.2) is 0 Å². The van der Waals surface area contributed by atoms with E-state index >= 15 is 0 Å². The smallest absolute Gasteiger partial charge is 0.410 e. The number of carbonyl (C=O) groups excluding carboxylic acids is 2. The normalized spacial score (nSPS) is 13.6. The van der Waals surface area contributed by atoms with E-state index in [1.807, 2.05) is 45.9 Å². The average Bonchev–Trinajstić information content (AvgIpc) is 2.75. The van der Waals surface area contributed by atoms with Gasteiger partial charge in [0.25, 0.3) is 5.91 Å². The Morgan fingerprint density at radius 3 is 2.11 bits per heavy atom. The van der Waals surface area contributed by atoms with Gasteiger partial charge in [-0.25, -0.2) is 4.79 Å². The van der Waals surface area contributed by atoms with Crippen LogP contribution in [0.3, 0.4) is 0 Å². The second-order valence-electron chi connectivity index (χ2n) is 6.36. The van der Waals surface area contributed by atoms with Crippen LogP contribution in [0.2, 0.25) is 0 Å². The zero-order valence-electron chi connectivity index (χ0n) is 17.0. The first-order valence-corrected chi connectivity index (χ1v) is 9.67. The fourth-order valence-electron chi connectivity index (χ4n) is 2.74. The third-order valence-corrected chi connectivity index (χ3v) is 4.10. The molecule has 2 amide bonds. The molecule has 1 aliphatic heterocycles. The molecular weight excluding hydrogens is 356 g/mol. The largest absolute Gasteiger partial charge is 0.447 e. The molecule has 150 valence electrons. The van der Waals surface area contributed by atoms with E-state index in [2.05, 4.69) is 9.97 Å². The number of piperazine rings is 1. The van der Waals surface area contributed by atoms with Crippen LogP contribution in [0.25, 0.3) is 11.4 Å². The molecule has 1 aliphatic rings. The Hall–Kier alpha value is -2.96. The third-order valence-electron chi connectivity index (χ3n) is 4.10. The molecule has 0 unspecified atom stereocenters. The first-order chi connectivity index (χ1) is 13.5. The Morgan fingerprint density at radius 1 is 0.929 bits per heavy atom. The summed E-state index contributed by atoms with van der Waals surface area (Å²) in [5.41, 5.74) is 2.02. The zero-order valence-corrected chi connectivity index (χ0v) is 17.0. The Labute approximate surface area is 166 Å². The summed E-state index contributed by atoms with van der Waals surface area (Å²) in [6, 6.07) is 9.18. The SMILES string of the molecule is CC.CC(C)OC(=O)N1CCN(C(=O)c2ccc(-c3ccccn3)nc2)CC1. The van der Waals surface area contributed by atoms with Crippen molar-refractivity contribution in [2.75, 3.05) is 26.2 Å². The summed E-state index contributed by atoms with van der Waals surface area (Å²) in [6.07, 6.45) is 2.81. The van der Waals surface area contributed by atoms with Gasteiger partial charge < -0.3 is 14.5 Å². The second-order valence-corrected chi connectivity index (χ2v) is 6.36. The van der Waals surface area contributed by atoms with Gasteiger partial charge in [-0.1, -0.05) is 19.9 Å². The molecule has 2 aromatic rings. The molecule has 7 nitrogen and oxygen atoms in total. The van der Waals surface area contributed by atoms with E-state index < -0.39 is 0 Å². The van der Waals surface area contributed by atoms with Crippen LogP contribution in [-0.2, 0) is 4.74 Å². The Balaban J connectivity index is 0.00000136. The maximum Gasteiger partial charge on any atom is 0.410 e. The van der Waals surface area contributed by atoms with Crippen molar-refractivity contribution in [1.82, 2.24) is 19.8 Å². The molecule has 0 N–H and O–H groups in total. The van der Waals surface area contributed by atoms with Crippen molar-refractivity contribution in [3.63, 3.8) is 0 Å². The van der Waals surface area contributed by atoms with Crippen LogP contribution >= 0.6 is 0 Å². The maximum absolute atomic E-state index is 12.6. The van der Waals surface area contributed by atoms with E-state index in [-0.39, 0.29) is 18.1 Å². The predicted octanol–water partition coefficient (Wildman–Crippen LogP) is 3.47. The lowest BCUT2D eigenvalue weighted by Gasteiger charge is -2.34. The quantitative estimate of drug-likeness (QED) is 0.810. The highest BCUT2D eigenvalue weighted by Gasteiger charge is 2.26. The van der Waals surface area contributed by atoms with Crippen molar-refractivity contribution >= 4 is 12.0 Å². The molecule has 7 heteroatoms. The molecule has 1 saturated heterocycles. The van der Waals surface area contributed by atoms with E-state index in [0.29, 0.717) is 31.7 Å². The molecule has 0 saturated carbocycles. The van der Waals surface area contributed by atoms with E-state index in [1.165, 1.54) is 0 Å². The van der Waals surface area contributed by atoms with Gasteiger partial charge in [-0.05, 0) is 38.1 Å². The van der Waals surface area contributed by atoms with Gasteiger partial charge in [0.2, 0.25) is 0 Å². The lowest BCUT2D eigenvalue weighted by atomic mass is 10.2. The zero-order chi connectivity index (χ0) is 20.5. The van der Waals surface area contributed by atoms with Crippen molar-refractivity contribution in [1.29, 1.82) is 0 Å². The summed E-state index contributed by atoms with van der Waals surface area (Å²) in [7, 11) is 0. The number of carbonyl (C=O) groups is 2. The number of ether oxygens (including phenoxy) is 1. The van der Waals surface area contributed by atoms with Gasteiger partial charge in [-0.2, -0.15) is 0 Å². The van der Waals surface area contributed by atoms with Crippen LogP contribution in [0, 0.1) is 0 Å². The highest BCUT2D eigenvalue weighted by molar-refractivity contribution is 5.94. The fourth-order valence-corrected chi connectivity index (χ4v) is 2.74. The van der Waals surface area contributed by atoms with Crippen LogP contribution in [0.5, 0.6) is 0 Å². The van der Waals surface area contributed by atoms with Crippen molar-refractivity contribution in [3.8, 4) is 11.4 Å². The molecule has 1 fully saturated rings. The van der Waals surface area contributed by atoms with Crippen molar-refractivity contribution in [2.45, 2.75) is 33.8 Å². The summed E-state index contributed by atoms with van der Waals surface area (Å²) in [4.78, 5) is 36.5. The molecule has 0 radical (unpaired) electrons. The summed E-state index contributed by atoms with van der Waals surface area (Å²) >= 11 is 0. The topological polar surface area (TPSA) is 75.6 Å². The standard InChI is InChI=1S/C19H22N4O3.C2H6/c1-14(2)26-19(25)23-11-9-22(10-12-23)18(24)15-6-7-17(21-13-15)16-5-3-4-8-20-16;1-2/h3-8,13-14H,9-12H2,1-2H3;1-2H3. The van der Waals surface area contributed by atoms with Crippen molar-refractivity contribution < 1.29 is 14.3 Å². The lowest BCUT2D eigenvalue weighted by Crippen LogP contribution is -2.51. The molecular formula is C21H28N4O3. The fraction of sp³-hybridized carbons (Fsp3) is 0.429. The van der Waals surface area contributed by atoms with Crippen LogP contribution in [0.4, 0.5) is 4.79 Å². The molecule has 0 aliphatic carbocycles. The number of aromatic nitrogens is 2. The molecule has 0 spiro atoms. The monoisotopic (exact) mass is 384 g/mol. The molecule has 3 heterocycles. The molecule has 0 atom stereocenters. The van der Waals surface area contributed by atoms with E-state index in [4.69, 9.17) is 4.74 Å². The van der Waals surface area contributed by atoms with Gasteiger partial charge in [-0.15, -0.1) is 0 Å². The highest BCUT2D eigenvalue weighted by atomic mass is 16.6. The Bertz CT molecular complexity index is 755.